The maximum atomic E-state index is 11.0. The molecule has 0 aromatic carbocycles. The van der Waals surface area contributed by atoms with E-state index in [9.17, 15) is 4.79 Å². The maximum Gasteiger partial charge on any atom is 0.303 e. The van der Waals surface area contributed by atoms with Crippen molar-refractivity contribution in [2.45, 2.75) is 59.4 Å². The molecule has 1 saturated carbocycles. The van der Waals surface area contributed by atoms with Crippen molar-refractivity contribution in [1.82, 2.24) is 0 Å². The molecule has 0 aliphatic heterocycles. The van der Waals surface area contributed by atoms with E-state index in [1.54, 1.807) is 0 Å². The van der Waals surface area contributed by atoms with Crippen molar-refractivity contribution in [3.05, 3.63) is 0 Å². The number of hydrogen-bond donors (Lipinski definition) is 2. The van der Waals surface area contributed by atoms with E-state index in [-0.39, 0.29) is 23.3 Å². The first-order valence-corrected chi connectivity index (χ1v) is 6.14. The first kappa shape index (κ1) is 13.5. The zero-order valence-corrected chi connectivity index (χ0v) is 10.9. The summed E-state index contributed by atoms with van der Waals surface area (Å²) in [5.41, 5.74) is 6.06. The average Bonchev–Trinajstić information content (AvgIpc) is 1.96. The minimum atomic E-state index is -0.720. The summed E-state index contributed by atoms with van der Waals surface area (Å²) in [6, 6.07) is -0.0503. The van der Waals surface area contributed by atoms with E-state index in [1.165, 1.54) is 6.42 Å². The average molecular weight is 227 g/mol. The van der Waals surface area contributed by atoms with Gasteiger partial charge in [0.2, 0.25) is 0 Å². The number of carboxylic acids is 1. The summed E-state index contributed by atoms with van der Waals surface area (Å²) < 4.78 is 0. The molecule has 3 heteroatoms. The summed E-state index contributed by atoms with van der Waals surface area (Å²) in [7, 11) is 0. The summed E-state index contributed by atoms with van der Waals surface area (Å²) in [5.74, 6) is -0.156. The van der Waals surface area contributed by atoms with Crippen molar-refractivity contribution in [2.24, 2.45) is 22.5 Å². The smallest absolute Gasteiger partial charge is 0.303 e. The van der Waals surface area contributed by atoms with Crippen molar-refractivity contribution in [3.63, 3.8) is 0 Å². The van der Waals surface area contributed by atoms with E-state index < -0.39 is 5.97 Å². The Morgan fingerprint density at radius 1 is 1.50 bits per heavy atom. The van der Waals surface area contributed by atoms with E-state index >= 15 is 0 Å². The lowest BCUT2D eigenvalue weighted by atomic mass is 9.57. The molecular formula is C13H25NO2. The second-order valence-electron chi connectivity index (χ2n) is 6.58. The Bertz CT molecular complexity index is 273. The van der Waals surface area contributed by atoms with E-state index in [0.29, 0.717) is 5.92 Å². The quantitative estimate of drug-likeness (QED) is 0.779. The normalized spacial score (nSPS) is 35.7. The van der Waals surface area contributed by atoms with E-state index in [2.05, 4.69) is 20.8 Å². The van der Waals surface area contributed by atoms with Crippen LogP contribution in [0.2, 0.25) is 0 Å². The third kappa shape index (κ3) is 2.97. The summed E-state index contributed by atoms with van der Waals surface area (Å²) >= 11 is 0. The number of nitrogens with two attached hydrogens (primary N) is 1. The van der Waals surface area contributed by atoms with Gasteiger partial charge in [0.05, 0.1) is 6.42 Å². The minimum absolute atomic E-state index is 0.0503. The van der Waals surface area contributed by atoms with Crippen LogP contribution in [0.1, 0.15) is 53.4 Å². The van der Waals surface area contributed by atoms with Gasteiger partial charge in [-0.15, -0.1) is 0 Å². The molecule has 0 aromatic heterocycles. The molecule has 1 aliphatic rings. The van der Waals surface area contributed by atoms with Crippen LogP contribution in [-0.4, -0.2) is 17.1 Å². The summed E-state index contributed by atoms with van der Waals surface area (Å²) in [5, 5.41) is 9.08. The van der Waals surface area contributed by atoms with Crippen molar-refractivity contribution in [1.29, 1.82) is 0 Å². The van der Waals surface area contributed by atoms with Gasteiger partial charge in [-0.05, 0) is 42.9 Å². The standard InChI is InChI=1S/C13H25NO2/c1-9-5-12(3,4)8-13(6-9,10(2)14)7-11(15)16/h9-10H,5-8,14H2,1-4H3,(H,15,16). The summed E-state index contributed by atoms with van der Waals surface area (Å²) in [6.07, 6.45) is 3.24. The van der Waals surface area contributed by atoms with Gasteiger partial charge in [0.1, 0.15) is 0 Å². The van der Waals surface area contributed by atoms with Gasteiger partial charge >= 0.3 is 5.97 Å². The van der Waals surface area contributed by atoms with Crippen molar-refractivity contribution in [2.75, 3.05) is 0 Å². The highest BCUT2D eigenvalue weighted by Crippen LogP contribution is 2.51. The van der Waals surface area contributed by atoms with Gasteiger partial charge in [0, 0.05) is 6.04 Å². The van der Waals surface area contributed by atoms with Crippen LogP contribution in [0.25, 0.3) is 0 Å². The molecule has 0 aromatic rings. The summed E-state index contributed by atoms with van der Waals surface area (Å²) in [4.78, 5) is 11.0. The van der Waals surface area contributed by atoms with E-state index in [0.717, 1.165) is 12.8 Å². The van der Waals surface area contributed by atoms with Gasteiger partial charge in [0.15, 0.2) is 0 Å². The maximum absolute atomic E-state index is 11.0. The third-order valence-corrected chi connectivity index (χ3v) is 3.96. The van der Waals surface area contributed by atoms with E-state index in [1.807, 2.05) is 6.92 Å². The summed E-state index contributed by atoms with van der Waals surface area (Å²) in [6.45, 7) is 8.61. The van der Waals surface area contributed by atoms with Crippen molar-refractivity contribution >= 4 is 5.97 Å². The Morgan fingerprint density at radius 2 is 2.06 bits per heavy atom. The molecule has 94 valence electrons. The lowest BCUT2D eigenvalue weighted by Crippen LogP contribution is -2.48. The Morgan fingerprint density at radius 3 is 2.44 bits per heavy atom. The predicted octanol–water partition coefficient (Wildman–Crippen LogP) is 2.64. The fraction of sp³-hybridized carbons (Fsp3) is 0.923. The topological polar surface area (TPSA) is 63.3 Å². The number of rotatable bonds is 3. The highest BCUT2D eigenvalue weighted by atomic mass is 16.4. The highest BCUT2D eigenvalue weighted by Gasteiger charge is 2.46. The fourth-order valence-electron chi connectivity index (χ4n) is 3.75. The molecule has 16 heavy (non-hydrogen) atoms. The molecule has 3 atom stereocenters. The largest absolute Gasteiger partial charge is 0.481 e. The molecule has 0 heterocycles. The molecule has 1 fully saturated rings. The number of carbonyl (C=O) groups is 1. The molecule has 3 unspecified atom stereocenters. The van der Waals surface area contributed by atoms with Crippen molar-refractivity contribution < 1.29 is 9.90 Å². The highest BCUT2D eigenvalue weighted by molar-refractivity contribution is 5.68. The first-order chi connectivity index (χ1) is 7.17. The number of hydrogen-bond acceptors (Lipinski definition) is 2. The molecule has 3 N–H and O–H groups in total. The predicted molar refractivity (Wildman–Crippen MR) is 65.1 cm³/mol. The third-order valence-electron chi connectivity index (χ3n) is 3.96. The van der Waals surface area contributed by atoms with Crippen LogP contribution in [0, 0.1) is 16.7 Å². The van der Waals surface area contributed by atoms with Gasteiger partial charge in [-0.1, -0.05) is 20.8 Å². The van der Waals surface area contributed by atoms with E-state index in [4.69, 9.17) is 10.8 Å². The Hall–Kier alpha value is -0.570. The lowest BCUT2D eigenvalue weighted by Gasteiger charge is -2.49. The molecule has 0 bridgehead atoms. The van der Waals surface area contributed by atoms with Gasteiger partial charge in [-0.3, -0.25) is 4.79 Å². The zero-order chi connectivity index (χ0) is 12.6. The van der Waals surface area contributed by atoms with Crippen LogP contribution in [0.5, 0.6) is 0 Å². The van der Waals surface area contributed by atoms with Gasteiger partial charge in [0.25, 0.3) is 0 Å². The van der Waals surface area contributed by atoms with Crippen LogP contribution in [-0.2, 0) is 4.79 Å². The van der Waals surface area contributed by atoms with Crippen molar-refractivity contribution in [3.8, 4) is 0 Å². The van der Waals surface area contributed by atoms with Gasteiger partial charge in [-0.2, -0.15) is 0 Å². The van der Waals surface area contributed by atoms with Crippen LogP contribution in [0.15, 0.2) is 0 Å². The fourth-order valence-corrected chi connectivity index (χ4v) is 3.75. The Balaban J connectivity index is 2.95. The molecule has 0 radical (unpaired) electrons. The van der Waals surface area contributed by atoms with Crippen LogP contribution < -0.4 is 5.73 Å². The molecule has 0 amide bonds. The number of carboxylic acid groups (broad SMARTS) is 1. The second kappa shape index (κ2) is 4.36. The Kier molecular flexibility index (Phi) is 3.68. The van der Waals surface area contributed by atoms with Crippen LogP contribution in [0.3, 0.4) is 0 Å². The molecule has 3 nitrogen and oxygen atoms in total. The monoisotopic (exact) mass is 227 g/mol. The first-order valence-electron chi connectivity index (χ1n) is 6.14. The zero-order valence-electron chi connectivity index (χ0n) is 10.9. The Labute approximate surface area is 98.4 Å². The molecular weight excluding hydrogens is 202 g/mol. The van der Waals surface area contributed by atoms with Gasteiger partial charge in [-0.25, -0.2) is 0 Å². The SMILES string of the molecule is CC1CC(C)(C)CC(CC(=O)O)(C(C)N)C1. The van der Waals surface area contributed by atoms with Crippen LogP contribution in [0.4, 0.5) is 0 Å². The minimum Gasteiger partial charge on any atom is -0.481 e. The number of aliphatic carboxylic acids is 1. The molecule has 0 spiro atoms. The van der Waals surface area contributed by atoms with Gasteiger partial charge < -0.3 is 10.8 Å². The van der Waals surface area contributed by atoms with Crippen LogP contribution >= 0.6 is 0 Å². The molecule has 1 aliphatic carbocycles. The second-order valence-corrected chi connectivity index (χ2v) is 6.58. The lowest BCUT2D eigenvalue weighted by molar-refractivity contribution is -0.142. The molecule has 0 saturated heterocycles. The molecule has 1 rings (SSSR count).